The van der Waals surface area contributed by atoms with E-state index in [1.165, 1.54) is 24.2 Å². The number of sulfonamides is 1. The summed E-state index contributed by atoms with van der Waals surface area (Å²) in [5.74, 6) is 0. The Morgan fingerprint density at radius 3 is 2.70 bits per heavy atom. The second-order valence-electron chi connectivity index (χ2n) is 5.32. The number of hydrogen-bond acceptors (Lipinski definition) is 5. The van der Waals surface area contributed by atoms with Crippen molar-refractivity contribution < 1.29 is 8.42 Å². The molecule has 3 N–H and O–H groups in total. The largest absolute Gasteiger partial charge is 0.326 e. The number of nitrogens with two attached hydrogens (primary N) is 1. The number of thiophene rings is 1. The lowest BCUT2D eigenvalue weighted by Crippen LogP contribution is -2.40. The SMILES string of the molecule is Cc1csc(CN)c1S(=O)(=O)NCC(C)N1CCCC1. The monoisotopic (exact) mass is 317 g/mol. The molecule has 1 aromatic heterocycles. The maximum absolute atomic E-state index is 12.4. The topological polar surface area (TPSA) is 75.4 Å². The highest BCUT2D eigenvalue weighted by atomic mass is 32.2. The van der Waals surface area contributed by atoms with Gasteiger partial charge in [0.1, 0.15) is 4.90 Å². The Morgan fingerprint density at radius 2 is 2.10 bits per heavy atom. The summed E-state index contributed by atoms with van der Waals surface area (Å²) in [6.07, 6.45) is 2.41. The van der Waals surface area contributed by atoms with E-state index in [-0.39, 0.29) is 12.6 Å². The van der Waals surface area contributed by atoms with Gasteiger partial charge in [-0.15, -0.1) is 11.3 Å². The van der Waals surface area contributed by atoms with Gasteiger partial charge in [0.2, 0.25) is 10.0 Å². The number of nitrogens with zero attached hydrogens (tertiary/aromatic N) is 1. The fourth-order valence-electron chi connectivity index (χ4n) is 2.60. The normalized spacial score (nSPS) is 18.6. The molecule has 1 atom stereocenters. The van der Waals surface area contributed by atoms with E-state index in [4.69, 9.17) is 5.73 Å². The highest BCUT2D eigenvalue weighted by Crippen LogP contribution is 2.26. The first-order chi connectivity index (χ1) is 9.45. The van der Waals surface area contributed by atoms with Crippen LogP contribution in [0.4, 0.5) is 0 Å². The van der Waals surface area contributed by atoms with Crippen LogP contribution in [0.25, 0.3) is 0 Å². The molecule has 1 aliphatic heterocycles. The maximum Gasteiger partial charge on any atom is 0.242 e. The Bertz CT molecular complexity index is 548. The molecular formula is C13H23N3O2S2. The fraction of sp³-hybridized carbons (Fsp3) is 0.692. The first kappa shape index (κ1) is 15.9. The number of likely N-dealkylation sites (tertiary alicyclic amines) is 1. The lowest BCUT2D eigenvalue weighted by atomic mass is 10.3. The summed E-state index contributed by atoms with van der Waals surface area (Å²) in [6.45, 7) is 6.72. The summed E-state index contributed by atoms with van der Waals surface area (Å²) in [4.78, 5) is 3.43. The van der Waals surface area contributed by atoms with E-state index < -0.39 is 10.0 Å². The van der Waals surface area contributed by atoms with Crippen LogP contribution in [0.15, 0.2) is 10.3 Å². The van der Waals surface area contributed by atoms with E-state index in [0.717, 1.165) is 23.5 Å². The highest BCUT2D eigenvalue weighted by Gasteiger charge is 2.24. The van der Waals surface area contributed by atoms with Crippen molar-refractivity contribution in [3.05, 3.63) is 15.8 Å². The second kappa shape index (κ2) is 6.53. The van der Waals surface area contributed by atoms with Crippen LogP contribution in [-0.4, -0.2) is 39.0 Å². The molecule has 0 radical (unpaired) electrons. The molecule has 1 fully saturated rings. The predicted octanol–water partition coefficient (Wildman–Crippen LogP) is 1.28. The van der Waals surface area contributed by atoms with Crippen LogP contribution in [0.2, 0.25) is 0 Å². The van der Waals surface area contributed by atoms with E-state index in [9.17, 15) is 8.42 Å². The first-order valence-electron chi connectivity index (χ1n) is 6.96. The van der Waals surface area contributed by atoms with Crippen LogP contribution in [0.3, 0.4) is 0 Å². The van der Waals surface area contributed by atoms with Crippen molar-refractivity contribution in [1.29, 1.82) is 0 Å². The summed E-state index contributed by atoms with van der Waals surface area (Å²) in [7, 11) is -3.46. The number of hydrogen-bond donors (Lipinski definition) is 2. The molecule has 1 saturated heterocycles. The molecule has 2 rings (SSSR count). The number of aryl methyl sites for hydroxylation is 1. The Labute approximate surface area is 125 Å². The van der Waals surface area contributed by atoms with Gasteiger partial charge < -0.3 is 5.73 Å². The quantitative estimate of drug-likeness (QED) is 0.829. The zero-order chi connectivity index (χ0) is 14.8. The summed E-state index contributed by atoms with van der Waals surface area (Å²) in [5, 5.41) is 1.85. The van der Waals surface area contributed by atoms with Crippen molar-refractivity contribution >= 4 is 21.4 Å². The Hall–Kier alpha value is -0.470. The van der Waals surface area contributed by atoms with Crippen LogP contribution in [-0.2, 0) is 16.6 Å². The fourth-order valence-corrected chi connectivity index (χ4v) is 5.42. The van der Waals surface area contributed by atoms with Crippen LogP contribution in [0.5, 0.6) is 0 Å². The third-order valence-corrected chi connectivity index (χ3v) is 6.68. The molecule has 114 valence electrons. The Balaban J connectivity index is 2.05. The third-order valence-electron chi connectivity index (χ3n) is 3.78. The van der Waals surface area contributed by atoms with E-state index in [1.807, 2.05) is 12.3 Å². The first-order valence-corrected chi connectivity index (χ1v) is 9.32. The minimum absolute atomic E-state index is 0.229. The maximum atomic E-state index is 12.4. The molecule has 0 saturated carbocycles. The van der Waals surface area contributed by atoms with Gasteiger partial charge in [-0.3, -0.25) is 4.90 Å². The molecule has 1 aromatic rings. The van der Waals surface area contributed by atoms with Crippen molar-refractivity contribution in [3.8, 4) is 0 Å². The van der Waals surface area contributed by atoms with Crippen LogP contribution in [0, 0.1) is 6.92 Å². The van der Waals surface area contributed by atoms with Crippen LogP contribution in [0.1, 0.15) is 30.2 Å². The molecular weight excluding hydrogens is 294 g/mol. The molecule has 20 heavy (non-hydrogen) atoms. The van der Waals surface area contributed by atoms with Gasteiger partial charge >= 0.3 is 0 Å². The summed E-state index contributed by atoms with van der Waals surface area (Å²) in [5.41, 5.74) is 6.40. The van der Waals surface area contributed by atoms with E-state index in [2.05, 4.69) is 16.5 Å². The molecule has 1 unspecified atom stereocenters. The van der Waals surface area contributed by atoms with Crippen LogP contribution >= 0.6 is 11.3 Å². The van der Waals surface area contributed by atoms with Crippen molar-refractivity contribution in [2.24, 2.45) is 5.73 Å². The van der Waals surface area contributed by atoms with Crippen LogP contribution < -0.4 is 10.5 Å². The highest BCUT2D eigenvalue weighted by molar-refractivity contribution is 7.89. The Morgan fingerprint density at radius 1 is 1.45 bits per heavy atom. The average molecular weight is 317 g/mol. The van der Waals surface area contributed by atoms with Crippen molar-refractivity contribution in [2.45, 2.75) is 44.2 Å². The average Bonchev–Trinajstić information content (AvgIpc) is 3.05. The van der Waals surface area contributed by atoms with Gasteiger partial charge in [-0.25, -0.2) is 13.1 Å². The molecule has 2 heterocycles. The third kappa shape index (κ3) is 3.40. The lowest BCUT2D eigenvalue weighted by molar-refractivity contribution is 0.260. The van der Waals surface area contributed by atoms with Crippen molar-refractivity contribution in [1.82, 2.24) is 9.62 Å². The smallest absolute Gasteiger partial charge is 0.242 e. The lowest BCUT2D eigenvalue weighted by Gasteiger charge is -2.23. The van der Waals surface area contributed by atoms with Gasteiger partial charge in [-0.05, 0) is 50.7 Å². The molecule has 1 aliphatic rings. The zero-order valence-corrected chi connectivity index (χ0v) is 13.7. The van der Waals surface area contributed by atoms with Gasteiger partial charge in [0.05, 0.1) is 0 Å². The summed E-state index contributed by atoms with van der Waals surface area (Å²) < 4.78 is 27.6. The Kier molecular flexibility index (Phi) is 5.19. The van der Waals surface area contributed by atoms with Crippen molar-refractivity contribution in [2.75, 3.05) is 19.6 Å². The zero-order valence-electron chi connectivity index (χ0n) is 12.1. The summed E-state index contributed by atoms with van der Waals surface area (Å²) in [6, 6.07) is 0.229. The molecule has 0 aliphatic carbocycles. The van der Waals surface area contributed by atoms with Gasteiger partial charge in [-0.2, -0.15) is 0 Å². The molecule has 7 heteroatoms. The van der Waals surface area contributed by atoms with Gasteiger partial charge in [0.15, 0.2) is 0 Å². The van der Waals surface area contributed by atoms with Gasteiger partial charge in [-0.1, -0.05) is 0 Å². The molecule has 0 amide bonds. The van der Waals surface area contributed by atoms with E-state index in [0.29, 0.717) is 11.4 Å². The van der Waals surface area contributed by atoms with Gasteiger partial charge in [0, 0.05) is 24.0 Å². The minimum Gasteiger partial charge on any atom is -0.326 e. The molecule has 0 bridgehead atoms. The number of rotatable bonds is 6. The minimum atomic E-state index is -3.46. The molecule has 5 nitrogen and oxygen atoms in total. The second-order valence-corrected chi connectivity index (χ2v) is 7.99. The van der Waals surface area contributed by atoms with Crippen molar-refractivity contribution in [3.63, 3.8) is 0 Å². The van der Waals surface area contributed by atoms with E-state index in [1.54, 1.807) is 0 Å². The standard InChI is InChI=1S/C13H23N3O2S2/c1-10-9-19-12(7-14)13(10)20(17,18)15-8-11(2)16-5-3-4-6-16/h9,11,15H,3-8,14H2,1-2H3. The van der Waals surface area contributed by atoms with E-state index >= 15 is 0 Å². The predicted molar refractivity (Wildman–Crippen MR) is 82.4 cm³/mol. The number of nitrogens with one attached hydrogen (secondary N) is 1. The van der Waals surface area contributed by atoms with Gasteiger partial charge in [0.25, 0.3) is 0 Å². The molecule has 0 aromatic carbocycles. The molecule has 0 spiro atoms. The summed E-state index contributed by atoms with van der Waals surface area (Å²) >= 11 is 1.41.